The summed E-state index contributed by atoms with van der Waals surface area (Å²) in [5.41, 5.74) is 5.13. The van der Waals surface area contributed by atoms with Gasteiger partial charge in [-0.2, -0.15) is 0 Å². The fourth-order valence-electron chi connectivity index (χ4n) is 1.96. The fraction of sp³-hybridized carbons (Fsp3) is 0.333. The Hall–Kier alpha value is -1.88. The molecule has 0 saturated heterocycles. The second-order valence-electron chi connectivity index (χ2n) is 4.33. The van der Waals surface area contributed by atoms with Crippen molar-refractivity contribution in [1.29, 1.82) is 0 Å². The van der Waals surface area contributed by atoms with E-state index in [0.717, 1.165) is 12.8 Å². The largest absolute Gasteiger partial charge is 0.480 e. The average Bonchev–Trinajstić information content (AvgIpc) is 3.12. The minimum atomic E-state index is -1.39. The van der Waals surface area contributed by atoms with Crippen LogP contribution in [-0.4, -0.2) is 22.2 Å². The zero-order valence-electron chi connectivity index (χ0n) is 9.09. The van der Waals surface area contributed by atoms with Crippen molar-refractivity contribution in [1.82, 2.24) is 0 Å². The zero-order valence-corrected chi connectivity index (χ0v) is 9.09. The molecule has 0 amide bonds. The summed E-state index contributed by atoms with van der Waals surface area (Å²) in [5.74, 6) is -2.17. The van der Waals surface area contributed by atoms with Gasteiger partial charge in [-0.3, -0.25) is 0 Å². The zero-order chi connectivity index (χ0) is 12.6. The molecule has 0 bridgehead atoms. The third kappa shape index (κ3) is 1.89. The van der Waals surface area contributed by atoms with Crippen LogP contribution in [0.3, 0.4) is 0 Å². The summed E-state index contributed by atoms with van der Waals surface area (Å²) in [6.07, 6.45) is 1.59. The lowest BCUT2D eigenvalue weighted by molar-refractivity contribution is -0.144. The van der Waals surface area contributed by atoms with Crippen molar-refractivity contribution in [2.75, 3.05) is 0 Å². The van der Waals surface area contributed by atoms with Gasteiger partial charge in [-0.1, -0.05) is 12.1 Å². The number of hydrogen-bond donors (Lipinski definition) is 3. The van der Waals surface area contributed by atoms with Crippen molar-refractivity contribution in [3.05, 3.63) is 35.4 Å². The number of rotatable bonds is 4. The number of benzene rings is 1. The highest BCUT2D eigenvalue weighted by Gasteiger charge is 2.49. The third-order valence-electron chi connectivity index (χ3n) is 3.18. The van der Waals surface area contributed by atoms with Gasteiger partial charge in [0.15, 0.2) is 0 Å². The molecule has 0 unspecified atom stereocenters. The van der Waals surface area contributed by atoms with E-state index >= 15 is 0 Å². The molecule has 1 aromatic carbocycles. The predicted octanol–water partition coefficient (Wildman–Crippen LogP) is 1.03. The fourth-order valence-corrected chi connectivity index (χ4v) is 1.96. The van der Waals surface area contributed by atoms with Crippen LogP contribution in [0.4, 0.5) is 0 Å². The van der Waals surface area contributed by atoms with Crippen molar-refractivity contribution < 1.29 is 19.8 Å². The van der Waals surface area contributed by atoms with Crippen molar-refractivity contribution >= 4 is 11.9 Å². The highest BCUT2D eigenvalue weighted by molar-refractivity contribution is 5.88. The summed E-state index contributed by atoms with van der Waals surface area (Å²) in [6.45, 7) is 0. The van der Waals surface area contributed by atoms with E-state index in [1.807, 2.05) is 0 Å². The van der Waals surface area contributed by atoms with Crippen LogP contribution in [0.25, 0.3) is 0 Å². The van der Waals surface area contributed by atoms with Crippen LogP contribution in [0, 0.1) is 5.92 Å². The highest BCUT2D eigenvalue weighted by atomic mass is 16.4. The first kappa shape index (κ1) is 11.6. The van der Waals surface area contributed by atoms with Gasteiger partial charge in [-0.15, -0.1) is 0 Å². The molecule has 1 aliphatic rings. The molecular weight excluding hydrogens is 222 g/mol. The molecule has 90 valence electrons. The van der Waals surface area contributed by atoms with Crippen LogP contribution in [0.5, 0.6) is 0 Å². The van der Waals surface area contributed by atoms with E-state index in [1.165, 1.54) is 24.3 Å². The first-order valence-corrected chi connectivity index (χ1v) is 5.32. The van der Waals surface area contributed by atoms with Gasteiger partial charge < -0.3 is 15.9 Å². The smallest absolute Gasteiger partial charge is 0.335 e. The van der Waals surface area contributed by atoms with E-state index in [-0.39, 0.29) is 11.5 Å². The molecule has 0 aliphatic heterocycles. The summed E-state index contributed by atoms with van der Waals surface area (Å²) in [7, 11) is 0. The first-order valence-electron chi connectivity index (χ1n) is 5.32. The molecule has 1 aromatic rings. The van der Waals surface area contributed by atoms with Gasteiger partial charge in [0.25, 0.3) is 0 Å². The Morgan fingerprint density at radius 2 is 1.71 bits per heavy atom. The van der Waals surface area contributed by atoms with Gasteiger partial charge in [0, 0.05) is 0 Å². The second-order valence-corrected chi connectivity index (χ2v) is 4.33. The molecule has 5 nitrogen and oxygen atoms in total. The van der Waals surface area contributed by atoms with Gasteiger partial charge in [0.2, 0.25) is 0 Å². The van der Waals surface area contributed by atoms with Crippen molar-refractivity contribution in [3.8, 4) is 0 Å². The van der Waals surface area contributed by atoms with Crippen LogP contribution in [0.15, 0.2) is 24.3 Å². The maximum atomic E-state index is 11.3. The summed E-state index contributed by atoms with van der Waals surface area (Å²) in [5, 5.41) is 18.0. The summed E-state index contributed by atoms with van der Waals surface area (Å²) in [6, 6.07) is 5.72. The standard InChI is InChI=1S/C12H13NO4/c13-12(11(16)17,9-5-6-9)8-3-1-7(2-4-8)10(14)15/h1-4,9H,5-6,13H2,(H,14,15)(H,16,17)/t12-/m0/s1. The van der Waals surface area contributed by atoms with Gasteiger partial charge in [-0.25, -0.2) is 9.59 Å². The molecule has 0 aromatic heterocycles. The molecule has 0 heterocycles. The van der Waals surface area contributed by atoms with Crippen LogP contribution in [-0.2, 0) is 10.3 Å². The summed E-state index contributed by atoms with van der Waals surface area (Å²) in [4.78, 5) is 22.0. The molecule has 0 radical (unpaired) electrons. The van der Waals surface area contributed by atoms with Crippen LogP contribution in [0.1, 0.15) is 28.8 Å². The van der Waals surface area contributed by atoms with Crippen molar-refractivity contribution in [2.24, 2.45) is 11.7 Å². The minimum Gasteiger partial charge on any atom is -0.480 e. The monoisotopic (exact) mass is 235 g/mol. The van der Waals surface area contributed by atoms with E-state index in [1.54, 1.807) is 0 Å². The SMILES string of the molecule is N[C@@](C(=O)O)(c1ccc(C(=O)O)cc1)C1CC1. The molecule has 1 saturated carbocycles. The minimum absolute atomic E-state index is 0.0596. The number of aliphatic carboxylic acids is 1. The lowest BCUT2D eigenvalue weighted by Crippen LogP contribution is -2.47. The Labute approximate surface area is 97.9 Å². The topological polar surface area (TPSA) is 101 Å². The number of carbonyl (C=O) groups is 2. The number of hydrogen-bond acceptors (Lipinski definition) is 3. The molecule has 5 heteroatoms. The second kappa shape index (κ2) is 3.85. The number of nitrogens with two attached hydrogens (primary N) is 1. The molecule has 1 aliphatic carbocycles. The van der Waals surface area contributed by atoms with E-state index in [0.29, 0.717) is 5.56 Å². The Morgan fingerprint density at radius 3 is 2.06 bits per heavy atom. The normalized spacial score (nSPS) is 18.4. The maximum Gasteiger partial charge on any atom is 0.335 e. The van der Waals surface area contributed by atoms with E-state index in [9.17, 15) is 14.7 Å². The quantitative estimate of drug-likeness (QED) is 0.723. The molecule has 0 spiro atoms. The lowest BCUT2D eigenvalue weighted by atomic mass is 9.85. The van der Waals surface area contributed by atoms with Gasteiger partial charge >= 0.3 is 11.9 Å². The summed E-state index contributed by atoms with van der Waals surface area (Å²) >= 11 is 0. The average molecular weight is 235 g/mol. The predicted molar refractivity (Wildman–Crippen MR) is 59.6 cm³/mol. The number of carboxylic acid groups (broad SMARTS) is 2. The van der Waals surface area contributed by atoms with E-state index in [2.05, 4.69) is 0 Å². The molecule has 2 rings (SSSR count). The molecule has 1 atom stereocenters. The number of aromatic carboxylic acids is 1. The Bertz CT molecular complexity index is 464. The van der Waals surface area contributed by atoms with Gasteiger partial charge in [-0.05, 0) is 36.5 Å². The van der Waals surface area contributed by atoms with Crippen LogP contribution >= 0.6 is 0 Å². The molecule has 17 heavy (non-hydrogen) atoms. The van der Waals surface area contributed by atoms with E-state index < -0.39 is 17.5 Å². The van der Waals surface area contributed by atoms with E-state index in [4.69, 9.17) is 10.8 Å². The van der Waals surface area contributed by atoms with Crippen molar-refractivity contribution in [3.63, 3.8) is 0 Å². The Kier molecular flexibility index (Phi) is 2.63. The Morgan fingerprint density at radius 1 is 1.18 bits per heavy atom. The molecular formula is C12H13NO4. The number of carboxylic acids is 2. The maximum absolute atomic E-state index is 11.3. The molecule has 1 fully saturated rings. The van der Waals surface area contributed by atoms with Crippen LogP contribution in [0.2, 0.25) is 0 Å². The van der Waals surface area contributed by atoms with Crippen LogP contribution < -0.4 is 5.73 Å². The first-order chi connectivity index (χ1) is 7.96. The lowest BCUT2D eigenvalue weighted by Gasteiger charge is -2.25. The third-order valence-corrected chi connectivity index (χ3v) is 3.18. The summed E-state index contributed by atoms with van der Waals surface area (Å²) < 4.78 is 0. The van der Waals surface area contributed by atoms with Crippen molar-refractivity contribution in [2.45, 2.75) is 18.4 Å². The molecule has 4 N–H and O–H groups in total. The van der Waals surface area contributed by atoms with Gasteiger partial charge in [0.05, 0.1) is 5.56 Å². The highest BCUT2D eigenvalue weighted by Crippen LogP contribution is 2.44. The van der Waals surface area contributed by atoms with Gasteiger partial charge in [0.1, 0.15) is 5.54 Å². The Balaban J connectivity index is 2.37.